The van der Waals surface area contributed by atoms with Crippen LogP contribution in [0.1, 0.15) is 11.1 Å². The Labute approximate surface area is 127 Å². The molecule has 2 aromatic carbocycles. The molecule has 0 fully saturated rings. The van der Waals surface area contributed by atoms with Gasteiger partial charge in [0.25, 0.3) is 0 Å². The van der Waals surface area contributed by atoms with Crippen LogP contribution in [0, 0.1) is 6.92 Å². The van der Waals surface area contributed by atoms with Crippen LogP contribution in [0.3, 0.4) is 0 Å². The number of rotatable bonds is 3. The summed E-state index contributed by atoms with van der Waals surface area (Å²) in [4.78, 5) is 0. The molecule has 2 aromatic rings. The maximum absolute atomic E-state index is 6.08. The molecule has 0 radical (unpaired) electrons. The van der Waals surface area contributed by atoms with Gasteiger partial charge in [-0.3, -0.25) is 0 Å². The van der Waals surface area contributed by atoms with Crippen molar-refractivity contribution < 1.29 is 4.74 Å². The molecule has 100 valence electrons. The zero-order valence-corrected chi connectivity index (χ0v) is 12.5. The van der Waals surface area contributed by atoms with Gasteiger partial charge < -0.3 is 10.5 Å². The molecule has 0 aliphatic heterocycles. The summed E-state index contributed by atoms with van der Waals surface area (Å²) in [5, 5.41) is 1.20. The predicted molar refractivity (Wildman–Crippen MR) is 80.6 cm³/mol. The first-order valence-electron chi connectivity index (χ1n) is 5.63. The summed E-state index contributed by atoms with van der Waals surface area (Å²) >= 11 is 17.9. The van der Waals surface area contributed by atoms with E-state index in [1.165, 1.54) is 0 Å². The van der Waals surface area contributed by atoms with Gasteiger partial charge >= 0.3 is 0 Å². The minimum Gasteiger partial charge on any atom is -0.455 e. The minimum absolute atomic E-state index is 0.395. The van der Waals surface area contributed by atoms with Gasteiger partial charge in [0.2, 0.25) is 0 Å². The molecule has 0 spiro atoms. The summed E-state index contributed by atoms with van der Waals surface area (Å²) in [5.74, 6) is 1.16. The lowest BCUT2D eigenvalue weighted by atomic mass is 10.1. The van der Waals surface area contributed by atoms with Gasteiger partial charge in [-0.1, -0.05) is 46.9 Å². The fourth-order valence-corrected chi connectivity index (χ4v) is 2.16. The molecule has 0 heterocycles. The summed E-state index contributed by atoms with van der Waals surface area (Å²) in [7, 11) is 0. The quantitative estimate of drug-likeness (QED) is 0.789. The number of nitrogens with two attached hydrogens (primary N) is 1. The van der Waals surface area contributed by atoms with Gasteiger partial charge in [0.1, 0.15) is 11.5 Å². The third kappa shape index (κ3) is 3.34. The van der Waals surface area contributed by atoms with E-state index in [4.69, 9.17) is 45.3 Å². The van der Waals surface area contributed by atoms with Crippen molar-refractivity contribution in [2.45, 2.75) is 13.5 Å². The van der Waals surface area contributed by atoms with Crippen LogP contribution in [-0.4, -0.2) is 0 Å². The first-order chi connectivity index (χ1) is 9.01. The first kappa shape index (κ1) is 14.5. The van der Waals surface area contributed by atoms with Crippen molar-refractivity contribution in [1.82, 2.24) is 0 Å². The molecule has 0 unspecified atom stereocenters. The highest BCUT2D eigenvalue weighted by atomic mass is 35.5. The molecule has 19 heavy (non-hydrogen) atoms. The Kier molecular flexibility index (Phi) is 4.58. The van der Waals surface area contributed by atoms with Gasteiger partial charge in [-0.25, -0.2) is 0 Å². The van der Waals surface area contributed by atoms with Crippen molar-refractivity contribution in [2.75, 3.05) is 0 Å². The fourth-order valence-electron chi connectivity index (χ4n) is 1.58. The molecule has 0 aromatic heterocycles. The van der Waals surface area contributed by atoms with E-state index in [1.54, 1.807) is 12.1 Å². The van der Waals surface area contributed by atoms with Crippen molar-refractivity contribution >= 4 is 34.8 Å². The monoisotopic (exact) mass is 315 g/mol. The highest BCUT2D eigenvalue weighted by molar-refractivity contribution is 6.43. The zero-order valence-electron chi connectivity index (χ0n) is 10.2. The second kappa shape index (κ2) is 6.02. The normalized spacial score (nSPS) is 10.6. The Balaban J connectivity index is 2.38. The van der Waals surface area contributed by atoms with E-state index in [0.717, 1.165) is 11.1 Å². The molecule has 0 saturated heterocycles. The molecule has 0 aliphatic rings. The summed E-state index contributed by atoms with van der Waals surface area (Å²) < 4.78 is 5.79. The van der Waals surface area contributed by atoms with Gasteiger partial charge in [-0.05, 0) is 30.2 Å². The van der Waals surface area contributed by atoms with Gasteiger partial charge in [0, 0.05) is 12.6 Å². The maximum atomic E-state index is 6.08. The lowest BCUT2D eigenvalue weighted by Crippen LogP contribution is -1.97. The van der Waals surface area contributed by atoms with E-state index in [9.17, 15) is 0 Å². The summed E-state index contributed by atoms with van der Waals surface area (Å²) in [6.45, 7) is 2.40. The molecule has 0 saturated carbocycles. The Morgan fingerprint density at radius 1 is 0.947 bits per heavy atom. The van der Waals surface area contributed by atoms with E-state index in [2.05, 4.69) is 0 Å². The van der Waals surface area contributed by atoms with E-state index >= 15 is 0 Å². The summed E-state index contributed by atoms with van der Waals surface area (Å²) in [6, 6.07) is 8.94. The molecular formula is C14H12Cl3NO. The lowest BCUT2D eigenvalue weighted by Gasteiger charge is -2.12. The second-order valence-electron chi connectivity index (χ2n) is 4.10. The predicted octanol–water partition coefficient (Wildman–Crippen LogP) is 5.21. The van der Waals surface area contributed by atoms with Crippen LogP contribution in [0.2, 0.25) is 15.1 Å². The van der Waals surface area contributed by atoms with Gasteiger partial charge in [0.15, 0.2) is 0 Å². The molecule has 2 nitrogen and oxygen atoms in total. The molecule has 2 rings (SSSR count). The molecule has 0 amide bonds. The molecule has 0 atom stereocenters. The van der Waals surface area contributed by atoms with Crippen molar-refractivity contribution in [3.63, 3.8) is 0 Å². The van der Waals surface area contributed by atoms with Crippen LogP contribution < -0.4 is 10.5 Å². The fraction of sp³-hybridized carbons (Fsp3) is 0.143. The number of aryl methyl sites for hydroxylation is 1. The largest absolute Gasteiger partial charge is 0.455 e. The maximum Gasteiger partial charge on any atom is 0.147 e. The zero-order chi connectivity index (χ0) is 14.0. The standard InChI is InChI=1S/C14H12Cl3NO/c1-8-2-3-9(7-18)4-13(8)19-14-6-11(16)10(15)5-12(14)17/h2-6H,7,18H2,1H3. The number of hydrogen-bond acceptors (Lipinski definition) is 2. The van der Waals surface area contributed by atoms with Crippen LogP contribution in [0.4, 0.5) is 0 Å². The van der Waals surface area contributed by atoms with Crippen molar-refractivity contribution in [1.29, 1.82) is 0 Å². The van der Waals surface area contributed by atoms with Crippen LogP contribution in [0.25, 0.3) is 0 Å². The number of ether oxygens (including phenoxy) is 1. The molecule has 2 N–H and O–H groups in total. The van der Waals surface area contributed by atoms with Crippen LogP contribution in [-0.2, 0) is 6.54 Å². The Hall–Kier alpha value is -0.930. The number of hydrogen-bond donors (Lipinski definition) is 1. The SMILES string of the molecule is Cc1ccc(CN)cc1Oc1cc(Cl)c(Cl)cc1Cl. The summed E-state index contributed by atoms with van der Waals surface area (Å²) in [6.07, 6.45) is 0. The number of benzene rings is 2. The van der Waals surface area contributed by atoms with E-state index < -0.39 is 0 Å². The van der Waals surface area contributed by atoms with E-state index in [0.29, 0.717) is 33.1 Å². The Bertz CT molecular complexity index is 614. The highest BCUT2D eigenvalue weighted by Crippen LogP contribution is 2.37. The smallest absolute Gasteiger partial charge is 0.147 e. The van der Waals surface area contributed by atoms with Crippen molar-refractivity contribution in [2.24, 2.45) is 5.73 Å². The second-order valence-corrected chi connectivity index (χ2v) is 5.32. The molecule has 5 heteroatoms. The number of halogens is 3. The van der Waals surface area contributed by atoms with E-state index in [1.807, 2.05) is 25.1 Å². The molecule has 0 bridgehead atoms. The minimum atomic E-state index is 0.395. The van der Waals surface area contributed by atoms with Crippen LogP contribution >= 0.6 is 34.8 Å². The topological polar surface area (TPSA) is 35.2 Å². The van der Waals surface area contributed by atoms with E-state index in [-0.39, 0.29) is 0 Å². The molecular weight excluding hydrogens is 305 g/mol. The summed E-state index contributed by atoms with van der Waals surface area (Å²) in [5.41, 5.74) is 7.58. The highest BCUT2D eigenvalue weighted by Gasteiger charge is 2.10. The average Bonchev–Trinajstić information content (AvgIpc) is 2.38. The third-order valence-electron chi connectivity index (χ3n) is 2.68. The van der Waals surface area contributed by atoms with Gasteiger partial charge in [-0.15, -0.1) is 0 Å². The lowest BCUT2D eigenvalue weighted by molar-refractivity contribution is 0.478. The third-order valence-corrected chi connectivity index (χ3v) is 3.70. The van der Waals surface area contributed by atoms with Gasteiger partial charge in [0.05, 0.1) is 15.1 Å². The van der Waals surface area contributed by atoms with Crippen molar-refractivity contribution in [3.05, 3.63) is 56.5 Å². The van der Waals surface area contributed by atoms with Crippen LogP contribution in [0.15, 0.2) is 30.3 Å². The molecule has 0 aliphatic carbocycles. The van der Waals surface area contributed by atoms with Crippen molar-refractivity contribution in [3.8, 4) is 11.5 Å². The Morgan fingerprint density at radius 2 is 1.63 bits per heavy atom. The Morgan fingerprint density at radius 3 is 2.32 bits per heavy atom. The first-order valence-corrected chi connectivity index (χ1v) is 6.76. The average molecular weight is 317 g/mol. The van der Waals surface area contributed by atoms with Gasteiger partial charge in [-0.2, -0.15) is 0 Å². The van der Waals surface area contributed by atoms with Crippen LogP contribution in [0.5, 0.6) is 11.5 Å².